The number of carbonyl (C=O) groups is 2. The quantitative estimate of drug-likeness (QED) is 0.613. The number of hydrogen-bond donors (Lipinski definition) is 2. The second-order valence-corrected chi connectivity index (χ2v) is 6.74. The third-order valence-corrected chi connectivity index (χ3v) is 4.73. The van der Waals surface area contributed by atoms with Crippen LogP contribution in [0.15, 0.2) is 24.3 Å². The van der Waals surface area contributed by atoms with E-state index in [1.807, 2.05) is 6.92 Å². The number of ether oxygens (including phenoxy) is 1. The largest absolute Gasteiger partial charge is 0.382 e. The van der Waals surface area contributed by atoms with E-state index in [0.717, 1.165) is 32.4 Å². The Kier molecular flexibility index (Phi) is 9.21. The number of benzene rings is 1. The molecule has 6 nitrogen and oxygen atoms in total. The predicted octanol–water partition coefficient (Wildman–Crippen LogP) is 2.41. The summed E-state index contributed by atoms with van der Waals surface area (Å²) < 4.78 is 18.8. The van der Waals surface area contributed by atoms with Crippen LogP contribution < -0.4 is 10.6 Å². The molecular formula is C20H30FN3O3. The lowest BCUT2D eigenvalue weighted by Gasteiger charge is -2.31. The molecule has 27 heavy (non-hydrogen) atoms. The van der Waals surface area contributed by atoms with E-state index in [9.17, 15) is 14.0 Å². The summed E-state index contributed by atoms with van der Waals surface area (Å²) in [4.78, 5) is 26.3. The van der Waals surface area contributed by atoms with Gasteiger partial charge in [0.2, 0.25) is 11.8 Å². The zero-order valence-electron chi connectivity index (χ0n) is 16.0. The van der Waals surface area contributed by atoms with E-state index in [4.69, 9.17) is 4.74 Å². The molecule has 0 atom stereocenters. The van der Waals surface area contributed by atoms with Gasteiger partial charge in [-0.3, -0.25) is 9.59 Å². The van der Waals surface area contributed by atoms with Crippen LogP contribution in [0.3, 0.4) is 0 Å². The summed E-state index contributed by atoms with van der Waals surface area (Å²) >= 11 is 0. The number of amides is 2. The van der Waals surface area contributed by atoms with E-state index in [0.29, 0.717) is 32.7 Å². The fourth-order valence-corrected chi connectivity index (χ4v) is 3.13. The average Bonchev–Trinajstić information content (AvgIpc) is 2.68. The van der Waals surface area contributed by atoms with Crippen LogP contribution >= 0.6 is 0 Å². The molecule has 2 N–H and O–H groups in total. The standard InChI is InChI=1S/C20H30FN3O3/c1-2-27-15-5-11-22-20(26)16-8-12-24(13-9-16)14-10-19(25)23-18-7-4-3-6-17(18)21/h3-4,6-7,16H,2,5,8-15H2,1H3,(H,22,26)(H,23,25). The van der Waals surface area contributed by atoms with Crippen molar-refractivity contribution in [3.8, 4) is 0 Å². The maximum absolute atomic E-state index is 13.5. The fraction of sp³-hybridized carbons (Fsp3) is 0.600. The molecule has 1 aliphatic heterocycles. The van der Waals surface area contributed by atoms with Crippen molar-refractivity contribution in [3.63, 3.8) is 0 Å². The Balaban J connectivity index is 1.61. The number of rotatable bonds is 10. The highest BCUT2D eigenvalue weighted by atomic mass is 19.1. The van der Waals surface area contributed by atoms with Gasteiger partial charge in [-0.2, -0.15) is 0 Å². The molecule has 150 valence electrons. The summed E-state index contributed by atoms with van der Waals surface area (Å²) in [6, 6.07) is 6.14. The number of halogens is 1. The first kappa shape index (κ1) is 21.3. The molecular weight excluding hydrogens is 349 g/mol. The van der Waals surface area contributed by atoms with E-state index in [-0.39, 0.29) is 23.4 Å². The van der Waals surface area contributed by atoms with Crippen LogP contribution in [-0.2, 0) is 14.3 Å². The maximum atomic E-state index is 13.5. The predicted molar refractivity (Wildman–Crippen MR) is 103 cm³/mol. The lowest BCUT2D eigenvalue weighted by molar-refractivity contribution is -0.126. The molecule has 1 heterocycles. The van der Waals surface area contributed by atoms with Gasteiger partial charge >= 0.3 is 0 Å². The molecule has 2 rings (SSSR count). The Labute approximate surface area is 160 Å². The molecule has 1 aromatic rings. The molecule has 0 unspecified atom stereocenters. The second-order valence-electron chi connectivity index (χ2n) is 6.74. The van der Waals surface area contributed by atoms with E-state index in [1.54, 1.807) is 18.2 Å². The molecule has 2 amide bonds. The molecule has 1 fully saturated rings. The van der Waals surface area contributed by atoms with Crippen LogP contribution in [0.5, 0.6) is 0 Å². The first-order valence-electron chi connectivity index (χ1n) is 9.72. The number of carbonyl (C=O) groups excluding carboxylic acids is 2. The molecule has 0 spiro atoms. The highest BCUT2D eigenvalue weighted by molar-refractivity contribution is 5.90. The fourth-order valence-electron chi connectivity index (χ4n) is 3.13. The second kappa shape index (κ2) is 11.7. The summed E-state index contributed by atoms with van der Waals surface area (Å²) in [6.45, 7) is 6.18. The third-order valence-electron chi connectivity index (χ3n) is 4.73. The molecule has 7 heteroatoms. The van der Waals surface area contributed by atoms with E-state index in [1.165, 1.54) is 6.07 Å². The minimum absolute atomic E-state index is 0.0422. The zero-order valence-corrected chi connectivity index (χ0v) is 16.0. The SMILES string of the molecule is CCOCCCNC(=O)C1CCN(CCC(=O)Nc2ccccc2F)CC1. The molecule has 0 aromatic heterocycles. The van der Waals surface area contributed by atoms with Crippen molar-refractivity contribution in [2.75, 3.05) is 44.7 Å². The van der Waals surface area contributed by atoms with Gasteiger partial charge < -0.3 is 20.3 Å². The van der Waals surface area contributed by atoms with Crippen molar-refractivity contribution in [1.82, 2.24) is 10.2 Å². The number of anilines is 1. The number of likely N-dealkylation sites (tertiary alicyclic amines) is 1. The van der Waals surface area contributed by atoms with Crippen molar-refractivity contribution in [2.45, 2.75) is 32.6 Å². The molecule has 1 aliphatic rings. The Morgan fingerprint density at radius 2 is 2.00 bits per heavy atom. The van der Waals surface area contributed by atoms with Gasteiger partial charge in [0.25, 0.3) is 0 Å². The highest BCUT2D eigenvalue weighted by Crippen LogP contribution is 2.18. The van der Waals surface area contributed by atoms with E-state index < -0.39 is 5.82 Å². The van der Waals surface area contributed by atoms with Crippen LogP contribution in [0.4, 0.5) is 10.1 Å². The van der Waals surface area contributed by atoms with E-state index in [2.05, 4.69) is 15.5 Å². The smallest absolute Gasteiger partial charge is 0.225 e. The van der Waals surface area contributed by atoms with Crippen molar-refractivity contribution in [1.29, 1.82) is 0 Å². The Bertz CT molecular complexity index is 604. The Hall–Kier alpha value is -1.99. The lowest BCUT2D eigenvalue weighted by Crippen LogP contribution is -2.41. The first-order chi connectivity index (χ1) is 13.1. The van der Waals surface area contributed by atoms with Gasteiger partial charge in [-0.15, -0.1) is 0 Å². The van der Waals surface area contributed by atoms with Gasteiger partial charge in [-0.05, 0) is 51.4 Å². The topological polar surface area (TPSA) is 70.7 Å². The number of piperidine rings is 1. The summed E-state index contributed by atoms with van der Waals surface area (Å²) in [5.41, 5.74) is 0.210. The highest BCUT2D eigenvalue weighted by Gasteiger charge is 2.24. The minimum atomic E-state index is -0.432. The van der Waals surface area contributed by atoms with Gasteiger partial charge in [0.1, 0.15) is 5.82 Å². The van der Waals surface area contributed by atoms with E-state index >= 15 is 0 Å². The third kappa shape index (κ3) is 7.64. The normalized spacial score (nSPS) is 15.5. The van der Waals surface area contributed by atoms with Crippen LogP contribution in [-0.4, -0.2) is 56.1 Å². The lowest BCUT2D eigenvalue weighted by atomic mass is 9.96. The molecule has 0 aliphatic carbocycles. The van der Waals surface area contributed by atoms with Crippen molar-refractivity contribution in [2.24, 2.45) is 5.92 Å². The molecule has 1 saturated heterocycles. The maximum Gasteiger partial charge on any atom is 0.225 e. The molecule has 0 saturated carbocycles. The minimum Gasteiger partial charge on any atom is -0.382 e. The molecule has 1 aromatic carbocycles. The van der Waals surface area contributed by atoms with Crippen molar-refractivity contribution in [3.05, 3.63) is 30.1 Å². The van der Waals surface area contributed by atoms with Crippen molar-refractivity contribution >= 4 is 17.5 Å². The van der Waals surface area contributed by atoms with Gasteiger partial charge in [0.05, 0.1) is 5.69 Å². The first-order valence-corrected chi connectivity index (χ1v) is 9.72. The summed E-state index contributed by atoms with van der Waals surface area (Å²) in [7, 11) is 0. The number of nitrogens with zero attached hydrogens (tertiary/aromatic N) is 1. The zero-order chi connectivity index (χ0) is 19.5. The number of nitrogens with one attached hydrogen (secondary N) is 2. The van der Waals surface area contributed by atoms with Gasteiger partial charge in [-0.1, -0.05) is 12.1 Å². The van der Waals surface area contributed by atoms with Crippen LogP contribution in [0, 0.1) is 11.7 Å². The molecule has 0 radical (unpaired) electrons. The van der Waals surface area contributed by atoms with Crippen LogP contribution in [0.25, 0.3) is 0 Å². The Morgan fingerprint density at radius 3 is 2.70 bits per heavy atom. The average molecular weight is 379 g/mol. The number of hydrogen-bond acceptors (Lipinski definition) is 4. The monoisotopic (exact) mass is 379 g/mol. The van der Waals surface area contributed by atoms with Crippen molar-refractivity contribution < 1.29 is 18.7 Å². The number of para-hydroxylation sites is 1. The van der Waals surface area contributed by atoms with Crippen LogP contribution in [0.2, 0.25) is 0 Å². The molecule has 0 bridgehead atoms. The van der Waals surface area contributed by atoms with Gasteiger partial charge in [0.15, 0.2) is 0 Å². The van der Waals surface area contributed by atoms with Gasteiger partial charge in [-0.25, -0.2) is 4.39 Å². The summed E-state index contributed by atoms with van der Waals surface area (Å²) in [6.07, 6.45) is 2.73. The summed E-state index contributed by atoms with van der Waals surface area (Å²) in [5, 5.41) is 5.57. The summed E-state index contributed by atoms with van der Waals surface area (Å²) in [5.74, 6) is -0.475. The van der Waals surface area contributed by atoms with Crippen LogP contribution in [0.1, 0.15) is 32.6 Å². The Morgan fingerprint density at radius 1 is 1.26 bits per heavy atom. The van der Waals surface area contributed by atoms with Gasteiger partial charge in [0, 0.05) is 38.6 Å².